The maximum Gasteiger partial charge on any atom is 0.164 e. The van der Waals surface area contributed by atoms with Gasteiger partial charge in [0.1, 0.15) is 0 Å². The minimum atomic E-state index is 0.632. The SMILES string of the molecule is c1ccc(-c2cc(-c3ccc4sc5ccccc5c4c3)cc(-c3nc(-c4ccccc4)nc(-c4ccccc4-c4ccccc4)n3)c2)cc1. The van der Waals surface area contributed by atoms with Crippen molar-refractivity contribution in [3.05, 3.63) is 176 Å². The van der Waals surface area contributed by atoms with Crippen LogP contribution in [-0.4, -0.2) is 15.0 Å². The first-order valence-electron chi connectivity index (χ1n) is 16.4. The zero-order valence-corrected chi connectivity index (χ0v) is 27.3. The van der Waals surface area contributed by atoms with Gasteiger partial charge in [-0.05, 0) is 69.8 Å². The summed E-state index contributed by atoms with van der Waals surface area (Å²) in [4.78, 5) is 15.4. The number of nitrogens with zero attached hydrogens (tertiary/aromatic N) is 3. The van der Waals surface area contributed by atoms with Gasteiger partial charge >= 0.3 is 0 Å². The number of fused-ring (bicyclic) bond motifs is 3. The van der Waals surface area contributed by atoms with Crippen LogP contribution in [0, 0.1) is 0 Å². The Labute approximate surface area is 288 Å². The summed E-state index contributed by atoms with van der Waals surface area (Å²) in [5, 5.41) is 2.56. The molecule has 0 radical (unpaired) electrons. The molecule has 9 rings (SSSR count). The first kappa shape index (κ1) is 29.0. The maximum atomic E-state index is 5.22. The second kappa shape index (κ2) is 12.4. The third-order valence-corrected chi connectivity index (χ3v) is 10.1. The predicted molar refractivity (Wildman–Crippen MR) is 205 cm³/mol. The van der Waals surface area contributed by atoms with E-state index in [4.69, 9.17) is 15.0 Å². The fourth-order valence-electron chi connectivity index (χ4n) is 6.52. The highest BCUT2D eigenvalue weighted by atomic mass is 32.1. The van der Waals surface area contributed by atoms with E-state index in [0.717, 1.165) is 50.1 Å². The summed E-state index contributed by atoms with van der Waals surface area (Å²) in [7, 11) is 0. The third kappa shape index (κ3) is 5.58. The number of benzene rings is 7. The molecule has 0 aliphatic heterocycles. The van der Waals surface area contributed by atoms with Crippen LogP contribution in [0.2, 0.25) is 0 Å². The van der Waals surface area contributed by atoms with E-state index < -0.39 is 0 Å². The average Bonchev–Trinajstić information content (AvgIpc) is 3.57. The first-order valence-corrected chi connectivity index (χ1v) is 17.2. The van der Waals surface area contributed by atoms with Gasteiger partial charge in [0.15, 0.2) is 17.5 Å². The molecule has 0 unspecified atom stereocenters. The van der Waals surface area contributed by atoms with E-state index in [1.54, 1.807) is 0 Å². The summed E-state index contributed by atoms with van der Waals surface area (Å²) in [6, 6.07) is 61.6. The summed E-state index contributed by atoms with van der Waals surface area (Å²) in [5.74, 6) is 1.91. The minimum Gasteiger partial charge on any atom is -0.208 e. The molecule has 0 N–H and O–H groups in total. The van der Waals surface area contributed by atoms with Crippen LogP contribution in [0.15, 0.2) is 176 Å². The van der Waals surface area contributed by atoms with Gasteiger partial charge in [0, 0.05) is 36.9 Å². The van der Waals surface area contributed by atoms with E-state index in [1.165, 1.54) is 20.2 Å². The van der Waals surface area contributed by atoms with Gasteiger partial charge in [-0.1, -0.05) is 140 Å². The summed E-state index contributed by atoms with van der Waals surface area (Å²) < 4.78 is 2.59. The standard InChI is InChI=1S/C45H29N3S/c1-4-14-30(15-5-1)34-26-35(33-24-25-42-40(29-33)38-21-12-13-23-41(38)49-42)28-36(27-34)44-46-43(32-18-8-3-9-19-32)47-45(48-44)39-22-11-10-20-37(39)31-16-6-2-7-17-31/h1-29H. The van der Waals surface area contributed by atoms with Gasteiger partial charge < -0.3 is 0 Å². The van der Waals surface area contributed by atoms with Crippen LogP contribution in [-0.2, 0) is 0 Å². The molecule has 2 aromatic heterocycles. The third-order valence-electron chi connectivity index (χ3n) is 8.93. The molecule has 0 aliphatic carbocycles. The zero-order valence-electron chi connectivity index (χ0n) is 26.5. The summed E-state index contributed by atoms with van der Waals surface area (Å²) in [6.07, 6.45) is 0. The van der Waals surface area contributed by atoms with Crippen LogP contribution >= 0.6 is 11.3 Å². The van der Waals surface area contributed by atoms with E-state index in [0.29, 0.717) is 17.5 Å². The van der Waals surface area contributed by atoms with Gasteiger partial charge in [-0.3, -0.25) is 0 Å². The van der Waals surface area contributed by atoms with Gasteiger partial charge in [0.05, 0.1) is 0 Å². The lowest BCUT2D eigenvalue weighted by atomic mass is 9.95. The van der Waals surface area contributed by atoms with Gasteiger partial charge in [-0.2, -0.15) is 0 Å². The normalized spacial score (nSPS) is 11.3. The van der Waals surface area contributed by atoms with Crippen LogP contribution in [0.25, 0.3) is 87.7 Å². The summed E-state index contributed by atoms with van der Waals surface area (Å²) in [5.41, 5.74) is 9.55. The van der Waals surface area contributed by atoms with E-state index in [9.17, 15) is 0 Å². The molecule has 0 fully saturated rings. The van der Waals surface area contributed by atoms with Crippen LogP contribution in [0.5, 0.6) is 0 Å². The topological polar surface area (TPSA) is 38.7 Å². The Bertz CT molecular complexity index is 2590. The second-order valence-electron chi connectivity index (χ2n) is 12.1. The van der Waals surface area contributed by atoms with Gasteiger partial charge in [-0.25, -0.2) is 15.0 Å². The van der Waals surface area contributed by atoms with Crippen molar-refractivity contribution >= 4 is 31.5 Å². The van der Waals surface area contributed by atoms with Gasteiger partial charge in [-0.15, -0.1) is 11.3 Å². The molecule has 4 heteroatoms. The fraction of sp³-hybridized carbons (Fsp3) is 0. The van der Waals surface area contributed by atoms with Crippen molar-refractivity contribution in [3.8, 4) is 67.5 Å². The molecule has 0 bridgehead atoms. The van der Waals surface area contributed by atoms with E-state index in [1.807, 2.05) is 41.7 Å². The molecule has 230 valence electrons. The molecular formula is C45H29N3S. The highest BCUT2D eigenvalue weighted by Gasteiger charge is 2.17. The predicted octanol–water partition coefficient (Wildman–Crippen LogP) is 12.2. The molecular weight excluding hydrogens is 615 g/mol. The van der Waals surface area contributed by atoms with Crippen LogP contribution in [0.3, 0.4) is 0 Å². The van der Waals surface area contributed by atoms with Gasteiger partial charge in [0.25, 0.3) is 0 Å². The lowest BCUT2D eigenvalue weighted by Gasteiger charge is -2.14. The maximum absolute atomic E-state index is 5.22. The average molecular weight is 644 g/mol. The van der Waals surface area contributed by atoms with Crippen molar-refractivity contribution in [2.45, 2.75) is 0 Å². The van der Waals surface area contributed by atoms with Crippen molar-refractivity contribution in [1.82, 2.24) is 15.0 Å². The molecule has 2 heterocycles. The van der Waals surface area contributed by atoms with E-state index in [2.05, 4.69) is 146 Å². The molecule has 0 aliphatic rings. The minimum absolute atomic E-state index is 0.632. The fourth-order valence-corrected chi connectivity index (χ4v) is 7.60. The summed E-state index contributed by atoms with van der Waals surface area (Å²) >= 11 is 1.84. The smallest absolute Gasteiger partial charge is 0.164 e. The van der Waals surface area contributed by atoms with E-state index >= 15 is 0 Å². The van der Waals surface area contributed by atoms with Gasteiger partial charge in [0.2, 0.25) is 0 Å². The largest absolute Gasteiger partial charge is 0.208 e. The second-order valence-corrected chi connectivity index (χ2v) is 13.1. The zero-order chi connectivity index (χ0) is 32.6. The van der Waals surface area contributed by atoms with Crippen molar-refractivity contribution in [2.24, 2.45) is 0 Å². The molecule has 0 spiro atoms. The Kier molecular flexibility index (Phi) is 7.34. The van der Waals surface area contributed by atoms with Crippen LogP contribution in [0.1, 0.15) is 0 Å². The molecule has 49 heavy (non-hydrogen) atoms. The Morgan fingerprint density at radius 1 is 0.286 bits per heavy atom. The van der Waals surface area contributed by atoms with Crippen molar-refractivity contribution in [2.75, 3.05) is 0 Å². The molecule has 0 atom stereocenters. The number of rotatable bonds is 6. The highest BCUT2D eigenvalue weighted by molar-refractivity contribution is 7.25. The summed E-state index contributed by atoms with van der Waals surface area (Å²) in [6.45, 7) is 0. The number of hydrogen-bond acceptors (Lipinski definition) is 4. The van der Waals surface area contributed by atoms with E-state index in [-0.39, 0.29) is 0 Å². The monoisotopic (exact) mass is 643 g/mol. The molecule has 3 nitrogen and oxygen atoms in total. The van der Waals surface area contributed by atoms with Crippen molar-refractivity contribution in [3.63, 3.8) is 0 Å². The quantitative estimate of drug-likeness (QED) is 0.181. The molecule has 7 aromatic carbocycles. The van der Waals surface area contributed by atoms with Crippen molar-refractivity contribution in [1.29, 1.82) is 0 Å². The molecule has 0 saturated heterocycles. The molecule has 0 saturated carbocycles. The number of thiophene rings is 1. The number of aromatic nitrogens is 3. The Hall–Kier alpha value is -6.23. The molecule has 9 aromatic rings. The molecule has 0 amide bonds. The Balaban J connectivity index is 1.27. The highest BCUT2D eigenvalue weighted by Crippen LogP contribution is 2.39. The number of hydrogen-bond donors (Lipinski definition) is 0. The lowest BCUT2D eigenvalue weighted by molar-refractivity contribution is 1.07. The Morgan fingerprint density at radius 2 is 0.796 bits per heavy atom. The van der Waals surface area contributed by atoms with Crippen LogP contribution in [0.4, 0.5) is 0 Å². The first-order chi connectivity index (χ1) is 24.3. The lowest BCUT2D eigenvalue weighted by Crippen LogP contribution is -2.01. The van der Waals surface area contributed by atoms with Crippen LogP contribution < -0.4 is 0 Å². The van der Waals surface area contributed by atoms with Crippen molar-refractivity contribution < 1.29 is 0 Å². The Morgan fingerprint density at radius 3 is 1.53 bits per heavy atom.